The summed E-state index contributed by atoms with van der Waals surface area (Å²) < 4.78 is 27.2. The van der Waals surface area contributed by atoms with Gasteiger partial charge in [0.1, 0.15) is 17.3 Å². The van der Waals surface area contributed by atoms with Crippen LogP contribution in [0.5, 0.6) is 11.5 Å². The lowest BCUT2D eigenvalue weighted by molar-refractivity contribution is 0.0238. The second-order valence-electron chi connectivity index (χ2n) is 12.3. The monoisotopic (exact) mass is 627 g/mol. The number of allylic oxidation sites excluding steroid dienone is 2. The number of hydrogen-bond donors (Lipinski definition) is 4. The number of carbonyl (C=O) groups is 1. The van der Waals surface area contributed by atoms with Crippen molar-refractivity contribution in [3.8, 4) is 11.5 Å². The lowest BCUT2D eigenvalue weighted by Gasteiger charge is -2.39. The molecule has 0 radical (unpaired) electrons. The third-order valence-corrected chi connectivity index (χ3v) is 8.69. The zero-order valence-electron chi connectivity index (χ0n) is 26.4. The molecule has 3 aromatic rings. The van der Waals surface area contributed by atoms with E-state index in [-0.39, 0.29) is 41.0 Å². The minimum absolute atomic E-state index is 0.0592. The molecule has 0 bridgehead atoms. The first-order valence-corrected chi connectivity index (χ1v) is 15.9. The summed E-state index contributed by atoms with van der Waals surface area (Å²) in [4.78, 5) is 30.9. The topological polar surface area (TPSA) is 131 Å². The normalized spacial score (nSPS) is 16.5. The molecule has 9 nitrogen and oxygen atoms in total. The number of piperidine rings is 1. The van der Waals surface area contributed by atoms with Crippen molar-refractivity contribution in [3.05, 3.63) is 105 Å². The van der Waals surface area contributed by atoms with E-state index in [0.29, 0.717) is 34.2 Å². The van der Waals surface area contributed by atoms with E-state index in [2.05, 4.69) is 15.2 Å². The smallest absolute Gasteiger partial charge is 0.254 e. The molecule has 1 aromatic heterocycles. The number of benzene rings is 2. The number of nitrogens with one attached hydrogen (secondary N) is 4. The molecule has 10 heteroatoms. The summed E-state index contributed by atoms with van der Waals surface area (Å²) >= 11 is 0. The third kappa shape index (κ3) is 8.44. The van der Waals surface area contributed by atoms with Crippen molar-refractivity contribution in [2.24, 2.45) is 5.92 Å². The summed E-state index contributed by atoms with van der Waals surface area (Å²) in [6.45, 7) is 7.17. The quantitative estimate of drug-likeness (QED) is 0.198. The number of hydrogen-bond acceptors (Lipinski definition) is 7. The Morgan fingerprint density at radius 1 is 1.07 bits per heavy atom. The van der Waals surface area contributed by atoms with Gasteiger partial charge in [-0.25, -0.2) is 4.39 Å². The first-order chi connectivity index (χ1) is 22.2. The van der Waals surface area contributed by atoms with Crippen molar-refractivity contribution >= 4 is 17.3 Å². The van der Waals surface area contributed by atoms with Gasteiger partial charge in [0, 0.05) is 67.8 Å². The summed E-state index contributed by atoms with van der Waals surface area (Å²) in [6.07, 6.45) is 8.48. The van der Waals surface area contributed by atoms with Gasteiger partial charge in [-0.15, -0.1) is 0 Å². The predicted octanol–water partition coefficient (Wildman–Crippen LogP) is 5.87. The number of pyridine rings is 1. The molecular formula is C36H42FN5O4. The molecule has 2 saturated heterocycles. The third-order valence-electron chi connectivity index (χ3n) is 8.69. The number of ether oxygens (including phenoxy) is 2. The molecular weight excluding hydrogens is 585 g/mol. The number of aromatic nitrogens is 1. The van der Waals surface area contributed by atoms with Crippen molar-refractivity contribution in [2.45, 2.75) is 58.0 Å². The largest absolute Gasteiger partial charge is 0.457 e. The van der Waals surface area contributed by atoms with Gasteiger partial charge < -0.3 is 35.5 Å². The van der Waals surface area contributed by atoms with E-state index in [4.69, 9.17) is 20.3 Å². The van der Waals surface area contributed by atoms with Gasteiger partial charge in [-0.2, -0.15) is 0 Å². The molecule has 0 aliphatic carbocycles. The van der Waals surface area contributed by atoms with Gasteiger partial charge in [0.25, 0.3) is 11.5 Å². The molecule has 4 N–H and O–H groups in total. The van der Waals surface area contributed by atoms with Crippen LogP contribution in [0.2, 0.25) is 0 Å². The maximum atomic E-state index is 15.5. The number of halogens is 1. The van der Waals surface area contributed by atoms with Crippen molar-refractivity contribution in [1.82, 2.24) is 15.2 Å². The fourth-order valence-corrected chi connectivity index (χ4v) is 5.82. The molecule has 242 valence electrons. The number of carbonyl (C=O) groups excluding carboxylic acids is 1. The second-order valence-corrected chi connectivity index (χ2v) is 12.3. The number of amides is 1. The summed E-state index contributed by atoms with van der Waals surface area (Å²) in [7, 11) is 0. The zero-order chi connectivity index (χ0) is 32.6. The van der Waals surface area contributed by atoms with Crippen molar-refractivity contribution in [1.29, 1.82) is 10.8 Å². The van der Waals surface area contributed by atoms with Crippen LogP contribution in [0, 0.1) is 22.6 Å². The summed E-state index contributed by atoms with van der Waals surface area (Å²) in [5.74, 6) is -0.430. The predicted molar refractivity (Wildman–Crippen MR) is 177 cm³/mol. The van der Waals surface area contributed by atoms with E-state index >= 15 is 4.39 Å². The molecule has 46 heavy (non-hydrogen) atoms. The van der Waals surface area contributed by atoms with Gasteiger partial charge >= 0.3 is 0 Å². The molecule has 5 rings (SSSR count). The Morgan fingerprint density at radius 2 is 1.78 bits per heavy atom. The zero-order valence-corrected chi connectivity index (χ0v) is 26.4. The Hall–Kier alpha value is -4.41. The molecule has 2 aliphatic heterocycles. The maximum absolute atomic E-state index is 15.5. The molecule has 0 atom stereocenters. The van der Waals surface area contributed by atoms with E-state index in [1.54, 1.807) is 48.6 Å². The van der Waals surface area contributed by atoms with Crippen molar-refractivity contribution < 1.29 is 18.7 Å². The lowest BCUT2D eigenvalue weighted by Crippen LogP contribution is -2.49. The van der Waals surface area contributed by atoms with Crippen molar-refractivity contribution in [3.63, 3.8) is 0 Å². The van der Waals surface area contributed by atoms with Gasteiger partial charge in [-0.05, 0) is 91.8 Å². The van der Waals surface area contributed by atoms with Gasteiger partial charge in [0.05, 0.1) is 11.3 Å². The van der Waals surface area contributed by atoms with Crippen LogP contribution in [0.1, 0.15) is 66.6 Å². The average molecular weight is 628 g/mol. The minimum atomic E-state index is -0.686. The van der Waals surface area contributed by atoms with E-state index in [1.165, 1.54) is 18.3 Å². The van der Waals surface area contributed by atoms with Crippen LogP contribution in [0.25, 0.3) is 0 Å². The van der Waals surface area contributed by atoms with Gasteiger partial charge in [-0.3, -0.25) is 9.59 Å². The number of rotatable bonds is 11. The number of H-pyrrole nitrogens is 1. The van der Waals surface area contributed by atoms with E-state index in [1.807, 2.05) is 13.8 Å². The van der Waals surface area contributed by atoms with E-state index in [0.717, 1.165) is 52.0 Å². The van der Waals surface area contributed by atoms with E-state index < -0.39 is 11.7 Å². The highest BCUT2D eigenvalue weighted by Gasteiger charge is 2.28. The second kappa shape index (κ2) is 15.2. The molecule has 2 aliphatic rings. The van der Waals surface area contributed by atoms with Crippen LogP contribution in [0.15, 0.2) is 71.7 Å². The lowest BCUT2D eigenvalue weighted by atomic mass is 9.99. The number of likely N-dealkylation sites (tertiary alicyclic amines) is 1. The van der Waals surface area contributed by atoms with Gasteiger partial charge in [0.15, 0.2) is 0 Å². The van der Waals surface area contributed by atoms with Gasteiger partial charge in [0.2, 0.25) is 0 Å². The number of aromatic amines is 1. The molecule has 2 fully saturated rings. The summed E-state index contributed by atoms with van der Waals surface area (Å²) in [5, 5.41) is 19.3. The molecule has 0 unspecified atom stereocenters. The van der Waals surface area contributed by atoms with Crippen LogP contribution >= 0.6 is 0 Å². The Labute approximate surface area is 268 Å². The molecule has 2 aromatic carbocycles. The van der Waals surface area contributed by atoms with Crippen LogP contribution < -0.4 is 15.6 Å². The molecule has 0 spiro atoms. The SMILES string of the molecule is CC(C)C(=N)/C=C\C(=N)c1ccc(Oc2cc(C(=O)NC3CCN(C4CCOCC4)CC3)c(F)cc2Cc2ccc[nH]c2=O)cc1. The molecule has 0 saturated carbocycles. The Morgan fingerprint density at radius 3 is 2.46 bits per heavy atom. The van der Waals surface area contributed by atoms with Gasteiger partial charge in [-0.1, -0.05) is 19.9 Å². The number of nitrogens with zero attached hydrogens (tertiary/aromatic N) is 1. The first-order valence-electron chi connectivity index (χ1n) is 15.9. The Bertz CT molecular complexity index is 1630. The van der Waals surface area contributed by atoms with Crippen LogP contribution in [-0.2, 0) is 11.2 Å². The summed E-state index contributed by atoms with van der Waals surface area (Å²) in [6, 6.07) is 13.3. The molecule has 1 amide bonds. The molecule has 3 heterocycles. The summed E-state index contributed by atoms with van der Waals surface area (Å²) in [5.41, 5.74) is 1.77. The Kier molecular flexibility index (Phi) is 10.9. The highest BCUT2D eigenvalue weighted by atomic mass is 19.1. The van der Waals surface area contributed by atoms with Crippen molar-refractivity contribution in [2.75, 3.05) is 26.3 Å². The van der Waals surface area contributed by atoms with Crippen LogP contribution in [0.4, 0.5) is 4.39 Å². The highest BCUT2D eigenvalue weighted by molar-refractivity contribution is 6.10. The van der Waals surface area contributed by atoms with E-state index in [9.17, 15) is 9.59 Å². The maximum Gasteiger partial charge on any atom is 0.254 e. The highest BCUT2D eigenvalue weighted by Crippen LogP contribution is 2.31. The van der Waals surface area contributed by atoms with Crippen LogP contribution in [-0.4, -0.2) is 65.6 Å². The van der Waals surface area contributed by atoms with Crippen LogP contribution in [0.3, 0.4) is 0 Å². The Balaban J connectivity index is 1.33. The fourth-order valence-electron chi connectivity index (χ4n) is 5.82. The standard InChI is InChI=1S/C36H42FN5O4/c1-23(2)32(38)9-10-33(39)24-5-7-29(8-6-24)46-34-22-30(31(37)21-26(34)20-25-4-3-15-40-35(25)43)36(44)41-27-11-16-42(17-12-27)28-13-18-45-19-14-28/h3-10,15,21-23,27-28,38-39H,11-14,16-20H2,1-2H3,(H,40,43)(H,41,44)/b10-9-,38-32?,39-33?. The minimum Gasteiger partial charge on any atom is -0.457 e. The first kappa shape index (κ1) is 33.0. The fraction of sp³-hybridized carbons (Fsp3) is 0.389. The average Bonchev–Trinajstić information content (AvgIpc) is 3.06.